The van der Waals surface area contributed by atoms with Gasteiger partial charge in [0.05, 0.1) is 11.0 Å². The summed E-state index contributed by atoms with van der Waals surface area (Å²) in [7, 11) is -1.86. The summed E-state index contributed by atoms with van der Waals surface area (Å²) in [6.45, 7) is 1.14. The third-order valence-electron chi connectivity index (χ3n) is 3.01. The fourth-order valence-electron chi connectivity index (χ4n) is 2.00. The van der Waals surface area contributed by atoms with Crippen molar-refractivity contribution in [1.29, 1.82) is 0 Å². The van der Waals surface area contributed by atoms with Crippen LogP contribution in [0, 0.1) is 0 Å². The summed E-state index contributed by atoms with van der Waals surface area (Å²) < 4.78 is 32.2. The van der Waals surface area contributed by atoms with Crippen LogP contribution in [0.3, 0.4) is 0 Å². The largest absolute Gasteiger partial charge is 0.377 e. The van der Waals surface area contributed by atoms with Crippen molar-refractivity contribution in [2.75, 3.05) is 20.2 Å². The van der Waals surface area contributed by atoms with E-state index >= 15 is 0 Å². The Balaban J connectivity index is 2.17. The Bertz CT molecular complexity index is 512. The normalized spacial score (nSPS) is 20.5. The molecular weight excluding hydrogens is 318 g/mol. The molecule has 1 atom stereocenters. The fraction of sp³-hybridized carbons (Fsp3) is 0.500. The minimum atomic E-state index is -3.45. The molecule has 6 heteroatoms. The van der Waals surface area contributed by atoms with E-state index in [1.165, 1.54) is 4.31 Å². The molecule has 0 aliphatic carbocycles. The highest BCUT2D eigenvalue weighted by molar-refractivity contribution is 9.10. The zero-order valence-corrected chi connectivity index (χ0v) is 12.6. The predicted octanol–water partition coefficient (Wildman–Crippen LogP) is 2.25. The molecule has 1 saturated heterocycles. The summed E-state index contributed by atoms with van der Waals surface area (Å²) >= 11 is 3.28. The number of hydrogen-bond acceptors (Lipinski definition) is 3. The molecule has 0 N–H and O–H groups in total. The van der Waals surface area contributed by atoms with E-state index < -0.39 is 10.0 Å². The van der Waals surface area contributed by atoms with E-state index in [0.29, 0.717) is 15.9 Å². The minimum absolute atomic E-state index is 0.0206. The smallest absolute Gasteiger partial charge is 0.244 e. The molecular formula is C12H16BrNO3S. The second kappa shape index (κ2) is 5.69. The first kappa shape index (κ1) is 14.0. The Morgan fingerprint density at radius 1 is 1.44 bits per heavy atom. The van der Waals surface area contributed by atoms with Gasteiger partial charge in [0.25, 0.3) is 0 Å². The molecule has 18 heavy (non-hydrogen) atoms. The van der Waals surface area contributed by atoms with E-state index in [0.717, 1.165) is 19.4 Å². The van der Waals surface area contributed by atoms with Crippen molar-refractivity contribution in [2.24, 2.45) is 0 Å². The van der Waals surface area contributed by atoms with Gasteiger partial charge in [-0.2, -0.15) is 4.31 Å². The summed E-state index contributed by atoms with van der Waals surface area (Å²) in [6, 6.07) is 6.85. The number of sulfonamides is 1. The first-order valence-electron chi connectivity index (χ1n) is 5.84. The van der Waals surface area contributed by atoms with Gasteiger partial charge < -0.3 is 4.74 Å². The molecule has 1 aromatic carbocycles. The van der Waals surface area contributed by atoms with Crippen LogP contribution in [0.1, 0.15) is 12.8 Å². The SMILES string of the molecule is CN(CC1CCCO1)S(=O)(=O)c1ccccc1Br. The zero-order chi connectivity index (χ0) is 13.2. The first-order valence-corrected chi connectivity index (χ1v) is 8.07. The number of hydrogen-bond donors (Lipinski definition) is 0. The summed E-state index contributed by atoms with van der Waals surface area (Å²) in [5.74, 6) is 0. The average molecular weight is 334 g/mol. The van der Waals surface area contributed by atoms with E-state index in [4.69, 9.17) is 4.74 Å². The van der Waals surface area contributed by atoms with E-state index in [1.54, 1.807) is 31.3 Å². The highest BCUT2D eigenvalue weighted by atomic mass is 79.9. The van der Waals surface area contributed by atoms with Gasteiger partial charge in [0.2, 0.25) is 10.0 Å². The molecule has 1 aliphatic rings. The van der Waals surface area contributed by atoms with Gasteiger partial charge in [-0.05, 0) is 40.9 Å². The second-order valence-corrected chi connectivity index (χ2v) is 7.22. The Morgan fingerprint density at radius 3 is 2.78 bits per heavy atom. The molecule has 1 unspecified atom stereocenters. The molecule has 4 nitrogen and oxygen atoms in total. The summed E-state index contributed by atoms with van der Waals surface area (Å²) in [5, 5.41) is 0. The number of rotatable bonds is 4. The summed E-state index contributed by atoms with van der Waals surface area (Å²) in [6.07, 6.45) is 1.95. The number of halogens is 1. The molecule has 1 aliphatic heterocycles. The quantitative estimate of drug-likeness (QED) is 0.848. The zero-order valence-electron chi connectivity index (χ0n) is 10.2. The van der Waals surface area contributed by atoms with Gasteiger partial charge in [0.15, 0.2) is 0 Å². The number of benzene rings is 1. The highest BCUT2D eigenvalue weighted by Crippen LogP contribution is 2.25. The van der Waals surface area contributed by atoms with Crippen molar-refractivity contribution >= 4 is 26.0 Å². The van der Waals surface area contributed by atoms with Crippen molar-refractivity contribution in [3.8, 4) is 0 Å². The number of likely N-dealkylation sites (N-methyl/N-ethyl adjacent to an activating group) is 1. The highest BCUT2D eigenvalue weighted by Gasteiger charge is 2.27. The molecule has 0 amide bonds. The lowest BCUT2D eigenvalue weighted by molar-refractivity contribution is 0.0979. The maximum Gasteiger partial charge on any atom is 0.244 e. The van der Waals surface area contributed by atoms with Gasteiger partial charge in [-0.3, -0.25) is 0 Å². The third-order valence-corrected chi connectivity index (χ3v) is 5.85. The van der Waals surface area contributed by atoms with Gasteiger partial charge in [-0.25, -0.2) is 8.42 Å². The third kappa shape index (κ3) is 2.93. The van der Waals surface area contributed by atoms with Crippen molar-refractivity contribution in [1.82, 2.24) is 4.31 Å². The fourth-order valence-corrected chi connectivity index (χ4v) is 4.16. The van der Waals surface area contributed by atoms with Crippen LogP contribution in [0.5, 0.6) is 0 Å². The summed E-state index contributed by atoms with van der Waals surface area (Å²) in [5.41, 5.74) is 0. The molecule has 0 bridgehead atoms. The molecule has 0 aromatic heterocycles. The second-order valence-electron chi connectivity index (χ2n) is 4.35. The Morgan fingerprint density at radius 2 is 2.17 bits per heavy atom. The Labute approximate surface area is 116 Å². The lowest BCUT2D eigenvalue weighted by Crippen LogP contribution is -2.34. The topological polar surface area (TPSA) is 46.6 Å². The molecule has 0 saturated carbocycles. The van der Waals surface area contributed by atoms with Crippen LogP contribution in [0.2, 0.25) is 0 Å². The Hall–Kier alpha value is -0.430. The lowest BCUT2D eigenvalue weighted by atomic mass is 10.2. The van der Waals surface area contributed by atoms with Crippen LogP contribution in [-0.2, 0) is 14.8 Å². The van der Waals surface area contributed by atoms with E-state index in [-0.39, 0.29) is 6.10 Å². The average Bonchev–Trinajstić information content (AvgIpc) is 2.82. The monoisotopic (exact) mass is 333 g/mol. The molecule has 2 rings (SSSR count). The van der Waals surface area contributed by atoms with E-state index in [1.807, 2.05) is 0 Å². The van der Waals surface area contributed by atoms with Gasteiger partial charge in [-0.15, -0.1) is 0 Å². The van der Waals surface area contributed by atoms with Crippen LogP contribution in [0.25, 0.3) is 0 Å². The summed E-state index contributed by atoms with van der Waals surface area (Å²) in [4.78, 5) is 0.297. The standard InChI is InChI=1S/C12H16BrNO3S/c1-14(9-10-5-4-8-17-10)18(15,16)12-7-3-2-6-11(12)13/h2-3,6-7,10H,4-5,8-9H2,1H3. The molecule has 0 spiro atoms. The van der Waals surface area contributed by atoms with Crippen LogP contribution in [0.4, 0.5) is 0 Å². The van der Waals surface area contributed by atoms with E-state index in [2.05, 4.69) is 15.9 Å². The lowest BCUT2D eigenvalue weighted by Gasteiger charge is -2.21. The number of nitrogens with zero attached hydrogens (tertiary/aromatic N) is 1. The molecule has 0 radical (unpaired) electrons. The van der Waals surface area contributed by atoms with Crippen molar-refractivity contribution in [2.45, 2.75) is 23.8 Å². The van der Waals surface area contributed by atoms with Crippen LogP contribution in [0.15, 0.2) is 33.6 Å². The van der Waals surface area contributed by atoms with Gasteiger partial charge in [0.1, 0.15) is 0 Å². The van der Waals surface area contributed by atoms with Crippen LogP contribution in [-0.4, -0.2) is 39.0 Å². The van der Waals surface area contributed by atoms with Gasteiger partial charge in [-0.1, -0.05) is 12.1 Å². The van der Waals surface area contributed by atoms with Crippen molar-refractivity contribution in [3.63, 3.8) is 0 Å². The first-order chi connectivity index (χ1) is 8.51. The maximum absolute atomic E-state index is 12.4. The van der Waals surface area contributed by atoms with Crippen LogP contribution >= 0.6 is 15.9 Å². The minimum Gasteiger partial charge on any atom is -0.377 e. The van der Waals surface area contributed by atoms with Crippen molar-refractivity contribution in [3.05, 3.63) is 28.7 Å². The van der Waals surface area contributed by atoms with Crippen molar-refractivity contribution < 1.29 is 13.2 Å². The molecule has 1 aromatic rings. The van der Waals surface area contributed by atoms with Crippen LogP contribution < -0.4 is 0 Å². The maximum atomic E-state index is 12.4. The van der Waals surface area contributed by atoms with Gasteiger partial charge in [0, 0.05) is 24.7 Å². The molecule has 100 valence electrons. The molecule has 1 fully saturated rings. The van der Waals surface area contributed by atoms with Gasteiger partial charge >= 0.3 is 0 Å². The number of ether oxygens (including phenoxy) is 1. The molecule has 1 heterocycles. The van der Waals surface area contributed by atoms with E-state index in [9.17, 15) is 8.42 Å². The predicted molar refractivity (Wildman–Crippen MR) is 72.9 cm³/mol. The Kier molecular flexibility index (Phi) is 4.42.